The van der Waals surface area contributed by atoms with Gasteiger partial charge in [0.15, 0.2) is 0 Å². The molecule has 47 heavy (non-hydrogen) atoms. The Bertz CT molecular complexity index is 1860. The Morgan fingerprint density at radius 2 is 1.68 bits per heavy atom. The minimum absolute atomic E-state index is 0. The molecule has 244 valence electrons. The Balaban J connectivity index is 0.00000300. The lowest BCUT2D eigenvalue weighted by Gasteiger charge is -2.21. The normalized spacial score (nSPS) is 10.6. The number of likely N-dealkylation sites (N-methyl/N-ethyl adjacent to an activating group) is 1. The van der Waals surface area contributed by atoms with Crippen LogP contribution in [0.5, 0.6) is 11.5 Å². The first kappa shape index (κ1) is 37.1. The first-order valence-corrected chi connectivity index (χ1v) is 14.9. The maximum atomic E-state index is 13.0. The van der Waals surface area contributed by atoms with Crippen molar-refractivity contribution in [2.45, 2.75) is 20.1 Å². The molecule has 0 bridgehead atoms. The van der Waals surface area contributed by atoms with Gasteiger partial charge in [0, 0.05) is 41.0 Å². The van der Waals surface area contributed by atoms with Crippen molar-refractivity contribution in [3.63, 3.8) is 0 Å². The minimum atomic E-state index is -0.414. The zero-order chi connectivity index (χ0) is 31.8. The van der Waals surface area contributed by atoms with E-state index in [9.17, 15) is 9.59 Å². The van der Waals surface area contributed by atoms with Crippen molar-refractivity contribution in [2.75, 3.05) is 18.5 Å². The number of hydrogen-bond donors (Lipinski definition) is 1. The number of rotatable bonds is 11. The second-order valence-electron chi connectivity index (χ2n) is 10.1. The Labute approximate surface area is 295 Å². The van der Waals surface area contributed by atoms with Crippen LogP contribution in [0.3, 0.4) is 0 Å². The topological polar surface area (TPSA) is 93.7 Å². The number of aromatic nitrogens is 2. The van der Waals surface area contributed by atoms with Crippen molar-refractivity contribution in [1.82, 2.24) is 15.3 Å². The summed E-state index contributed by atoms with van der Waals surface area (Å²) in [5.41, 5.74) is 4.20. The van der Waals surface area contributed by atoms with Crippen molar-refractivity contribution in [3.8, 4) is 11.5 Å². The van der Waals surface area contributed by atoms with Gasteiger partial charge in [0.1, 0.15) is 30.2 Å². The molecule has 5 rings (SSSR count). The van der Waals surface area contributed by atoms with Gasteiger partial charge in [0.2, 0.25) is 11.8 Å². The molecule has 2 amide bonds. The summed E-state index contributed by atoms with van der Waals surface area (Å²) in [6.45, 7) is 2.12. The first-order valence-electron chi connectivity index (χ1n) is 14.1. The van der Waals surface area contributed by atoms with Gasteiger partial charge >= 0.3 is 0 Å². The maximum Gasteiger partial charge on any atom is 0.246 e. The Hall–Kier alpha value is -4.34. The fraction of sp³-hybridized carbons (Fsp3) is 0.143. The predicted molar refractivity (Wildman–Crippen MR) is 192 cm³/mol. The van der Waals surface area contributed by atoms with Gasteiger partial charge in [-0.1, -0.05) is 59.6 Å². The lowest BCUT2D eigenvalue weighted by atomic mass is 10.1. The van der Waals surface area contributed by atoms with Crippen molar-refractivity contribution in [1.29, 1.82) is 0 Å². The second kappa shape index (κ2) is 17.5. The highest BCUT2D eigenvalue weighted by molar-refractivity contribution is 6.38. The van der Waals surface area contributed by atoms with E-state index < -0.39 is 5.91 Å². The highest BCUT2D eigenvalue weighted by atomic mass is 35.5. The Kier molecular flexibility index (Phi) is 13.9. The van der Waals surface area contributed by atoms with Crippen LogP contribution in [0.15, 0.2) is 97.2 Å². The molecule has 0 fully saturated rings. The number of carbonyl (C=O) groups excluding carboxylic acids is 2. The van der Waals surface area contributed by atoms with Crippen LogP contribution in [0.2, 0.25) is 10.0 Å². The molecule has 3 aromatic carbocycles. The third-order valence-corrected chi connectivity index (χ3v) is 7.71. The number of nitrogens with zero attached hydrogens (tertiary/aromatic N) is 3. The SMILES string of the molecule is Cc1ccc2cccc(OCc3c(Cl)ccc(N(C)C(=O)CNC(=O)/C=C/c4ccc(OCc5ccccn5)cc4)c3Cl)c2n1.Cl.Cl. The molecule has 8 nitrogen and oxygen atoms in total. The fourth-order valence-electron chi connectivity index (χ4n) is 4.42. The molecule has 0 saturated heterocycles. The zero-order valence-electron chi connectivity index (χ0n) is 25.5. The van der Waals surface area contributed by atoms with Crippen LogP contribution in [0.1, 0.15) is 22.5 Å². The highest BCUT2D eigenvalue weighted by Gasteiger charge is 2.19. The van der Waals surface area contributed by atoms with E-state index in [1.54, 1.807) is 31.5 Å². The summed E-state index contributed by atoms with van der Waals surface area (Å²) in [6, 6.07) is 25.9. The Morgan fingerprint density at radius 1 is 0.894 bits per heavy atom. The molecule has 1 N–H and O–H groups in total. The molecule has 5 aromatic rings. The second-order valence-corrected chi connectivity index (χ2v) is 10.9. The van der Waals surface area contributed by atoms with Crippen LogP contribution in [-0.4, -0.2) is 35.4 Å². The van der Waals surface area contributed by atoms with Gasteiger partial charge in [-0.2, -0.15) is 0 Å². The van der Waals surface area contributed by atoms with Gasteiger partial charge in [0.25, 0.3) is 0 Å². The molecule has 0 aliphatic heterocycles. The summed E-state index contributed by atoms with van der Waals surface area (Å²) in [5.74, 6) is 0.504. The number of carbonyl (C=O) groups is 2. The number of ether oxygens (including phenoxy) is 2. The number of nitrogens with one attached hydrogen (secondary N) is 1. The van der Waals surface area contributed by atoms with E-state index >= 15 is 0 Å². The van der Waals surface area contributed by atoms with Gasteiger partial charge in [-0.25, -0.2) is 4.98 Å². The summed E-state index contributed by atoms with van der Waals surface area (Å²) in [5, 5.41) is 4.25. The van der Waals surface area contributed by atoms with Gasteiger partial charge in [-0.3, -0.25) is 14.6 Å². The average molecular weight is 714 g/mol. The molecular formula is C35H32Cl4N4O4. The van der Waals surface area contributed by atoms with Crippen molar-refractivity contribution in [3.05, 3.63) is 130 Å². The van der Waals surface area contributed by atoms with Crippen LogP contribution in [-0.2, 0) is 22.8 Å². The quantitative estimate of drug-likeness (QED) is 0.139. The zero-order valence-corrected chi connectivity index (χ0v) is 28.6. The van der Waals surface area contributed by atoms with Gasteiger partial charge in [0.05, 0.1) is 22.9 Å². The fourth-order valence-corrected chi connectivity index (χ4v) is 5.03. The molecule has 2 heterocycles. The molecule has 0 aliphatic rings. The summed E-state index contributed by atoms with van der Waals surface area (Å²) in [4.78, 5) is 35.6. The van der Waals surface area contributed by atoms with Crippen LogP contribution in [0, 0.1) is 6.92 Å². The molecule has 0 radical (unpaired) electrons. The lowest BCUT2D eigenvalue weighted by molar-refractivity contribution is -0.122. The molecular weight excluding hydrogens is 682 g/mol. The van der Waals surface area contributed by atoms with E-state index in [-0.39, 0.29) is 48.9 Å². The lowest BCUT2D eigenvalue weighted by Crippen LogP contribution is -2.37. The van der Waals surface area contributed by atoms with Crippen LogP contribution in [0.4, 0.5) is 5.69 Å². The largest absolute Gasteiger partial charge is 0.487 e. The smallest absolute Gasteiger partial charge is 0.246 e. The number of pyridine rings is 2. The maximum absolute atomic E-state index is 13.0. The van der Waals surface area contributed by atoms with Crippen LogP contribution in [0.25, 0.3) is 17.0 Å². The summed E-state index contributed by atoms with van der Waals surface area (Å²) in [6.07, 6.45) is 4.74. The average Bonchev–Trinajstić information content (AvgIpc) is 3.06. The van der Waals surface area contributed by atoms with Crippen molar-refractivity contribution >= 4 is 82.5 Å². The molecule has 0 aliphatic carbocycles. The van der Waals surface area contributed by atoms with Crippen molar-refractivity contribution in [2.24, 2.45) is 0 Å². The predicted octanol–water partition coefficient (Wildman–Crippen LogP) is 8.04. The molecule has 0 saturated carbocycles. The highest BCUT2D eigenvalue weighted by Crippen LogP contribution is 2.35. The summed E-state index contributed by atoms with van der Waals surface area (Å²) < 4.78 is 11.8. The number of amides is 2. The first-order chi connectivity index (χ1) is 21.8. The standard InChI is InChI=1S/C35H30Cl2N4O4.2ClH/c1-23-9-13-25-6-5-8-31(35(25)40-23)45-22-28-29(36)16-17-30(34(28)37)41(2)33(43)20-39-32(42)18-12-24-10-14-27(15-11-24)44-21-26-7-3-4-19-38-26;;/h3-19H,20-22H2,1-2H3,(H,39,42);2*1H/b18-12+;;. The number of halogens is 4. The number of fused-ring (bicyclic) bond motifs is 1. The van der Waals surface area contributed by atoms with Gasteiger partial charge in [-0.15, -0.1) is 24.8 Å². The van der Waals surface area contributed by atoms with Crippen LogP contribution < -0.4 is 19.7 Å². The van der Waals surface area contributed by atoms with Gasteiger partial charge < -0.3 is 19.7 Å². The third kappa shape index (κ3) is 9.83. The van der Waals surface area contributed by atoms with Crippen LogP contribution >= 0.6 is 48.0 Å². The Morgan fingerprint density at radius 3 is 2.43 bits per heavy atom. The summed E-state index contributed by atoms with van der Waals surface area (Å²) >= 11 is 13.2. The van der Waals surface area contributed by atoms with E-state index in [1.807, 2.05) is 79.7 Å². The number of aryl methyl sites for hydroxylation is 1. The molecule has 12 heteroatoms. The minimum Gasteiger partial charge on any atom is -0.487 e. The third-order valence-electron chi connectivity index (χ3n) is 6.93. The number of hydrogen-bond acceptors (Lipinski definition) is 6. The van der Waals surface area contributed by atoms with E-state index in [0.717, 1.165) is 27.9 Å². The number of anilines is 1. The molecule has 0 atom stereocenters. The number of para-hydroxylation sites is 1. The summed E-state index contributed by atoms with van der Waals surface area (Å²) in [7, 11) is 1.58. The molecule has 0 spiro atoms. The van der Waals surface area contributed by atoms with E-state index in [0.29, 0.717) is 34.4 Å². The van der Waals surface area contributed by atoms with E-state index in [2.05, 4.69) is 15.3 Å². The molecule has 2 aromatic heterocycles. The van der Waals surface area contributed by atoms with E-state index in [1.165, 1.54) is 11.0 Å². The van der Waals surface area contributed by atoms with Gasteiger partial charge in [-0.05, 0) is 67.1 Å². The van der Waals surface area contributed by atoms with E-state index in [4.69, 9.17) is 32.7 Å². The molecule has 0 unspecified atom stereocenters. The monoisotopic (exact) mass is 712 g/mol. The van der Waals surface area contributed by atoms with Crippen molar-refractivity contribution < 1.29 is 19.1 Å². The number of benzene rings is 3.